The van der Waals surface area contributed by atoms with E-state index in [0.717, 1.165) is 12.3 Å². The summed E-state index contributed by atoms with van der Waals surface area (Å²) in [4.78, 5) is 0. The van der Waals surface area contributed by atoms with Gasteiger partial charge in [0.1, 0.15) is 0 Å². The first-order valence-corrected chi connectivity index (χ1v) is 7.46. The van der Waals surface area contributed by atoms with Crippen LogP contribution in [0, 0.1) is 11.8 Å². The molecule has 1 aliphatic carbocycles. The summed E-state index contributed by atoms with van der Waals surface area (Å²) < 4.78 is 0. The minimum absolute atomic E-state index is 0.00169. The second-order valence-corrected chi connectivity index (χ2v) is 5.61. The summed E-state index contributed by atoms with van der Waals surface area (Å²) in [5.41, 5.74) is 0. The zero-order valence-corrected chi connectivity index (χ0v) is 11.3. The fourth-order valence-electron chi connectivity index (χ4n) is 3.03. The first-order valence-electron chi connectivity index (χ1n) is 7.46. The number of hydrogen-bond acceptors (Lipinski definition) is 1. The summed E-state index contributed by atoms with van der Waals surface area (Å²) in [6.07, 6.45) is 12.8. The molecule has 1 fully saturated rings. The van der Waals surface area contributed by atoms with Gasteiger partial charge in [-0.25, -0.2) is 0 Å². The van der Waals surface area contributed by atoms with E-state index < -0.39 is 0 Å². The molecule has 0 heterocycles. The van der Waals surface area contributed by atoms with Crippen LogP contribution in [-0.2, 0) is 0 Å². The SMILES string of the molecule is CCCCC(CC)CCC(O)C1CCCC1. The Morgan fingerprint density at radius 2 is 1.75 bits per heavy atom. The first kappa shape index (κ1) is 14.0. The summed E-state index contributed by atoms with van der Waals surface area (Å²) in [5.74, 6) is 1.49. The van der Waals surface area contributed by atoms with Crippen molar-refractivity contribution in [1.82, 2.24) is 0 Å². The highest BCUT2D eigenvalue weighted by Gasteiger charge is 2.23. The van der Waals surface area contributed by atoms with Crippen LogP contribution < -0.4 is 0 Å². The van der Waals surface area contributed by atoms with E-state index in [1.165, 1.54) is 57.8 Å². The van der Waals surface area contributed by atoms with E-state index >= 15 is 0 Å². The molecule has 1 nitrogen and oxygen atoms in total. The Kier molecular flexibility index (Phi) is 7.11. The van der Waals surface area contributed by atoms with Gasteiger partial charge >= 0.3 is 0 Å². The molecule has 1 N–H and O–H groups in total. The number of rotatable bonds is 8. The number of hydrogen-bond donors (Lipinski definition) is 1. The molecule has 16 heavy (non-hydrogen) atoms. The van der Waals surface area contributed by atoms with Gasteiger partial charge in [0.25, 0.3) is 0 Å². The molecular weight excluding hydrogens is 196 g/mol. The van der Waals surface area contributed by atoms with Crippen molar-refractivity contribution in [1.29, 1.82) is 0 Å². The topological polar surface area (TPSA) is 20.2 Å². The van der Waals surface area contributed by atoms with Crippen molar-refractivity contribution >= 4 is 0 Å². The molecule has 0 aromatic rings. The van der Waals surface area contributed by atoms with Crippen molar-refractivity contribution in [2.75, 3.05) is 0 Å². The van der Waals surface area contributed by atoms with Crippen LogP contribution in [0.15, 0.2) is 0 Å². The van der Waals surface area contributed by atoms with E-state index in [1.54, 1.807) is 0 Å². The van der Waals surface area contributed by atoms with Crippen molar-refractivity contribution in [3.63, 3.8) is 0 Å². The molecule has 0 saturated heterocycles. The number of aliphatic hydroxyl groups is 1. The summed E-state index contributed by atoms with van der Waals surface area (Å²) in [7, 11) is 0. The van der Waals surface area contributed by atoms with Crippen molar-refractivity contribution in [3.05, 3.63) is 0 Å². The molecule has 0 amide bonds. The average Bonchev–Trinajstić information content (AvgIpc) is 2.82. The minimum Gasteiger partial charge on any atom is -0.393 e. The van der Waals surface area contributed by atoms with Crippen LogP contribution >= 0.6 is 0 Å². The maximum atomic E-state index is 10.1. The number of aliphatic hydroxyl groups excluding tert-OH is 1. The fraction of sp³-hybridized carbons (Fsp3) is 1.00. The molecule has 1 saturated carbocycles. The second kappa shape index (κ2) is 8.11. The smallest absolute Gasteiger partial charge is 0.0568 e. The lowest BCUT2D eigenvalue weighted by Crippen LogP contribution is -2.18. The molecule has 2 atom stereocenters. The number of unbranched alkanes of at least 4 members (excludes halogenated alkanes) is 1. The van der Waals surface area contributed by atoms with Crippen LogP contribution in [0.1, 0.15) is 78.1 Å². The van der Waals surface area contributed by atoms with E-state index in [2.05, 4.69) is 13.8 Å². The predicted molar refractivity (Wildman–Crippen MR) is 70.5 cm³/mol. The second-order valence-electron chi connectivity index (χ2n) is 5.61. The maximum absolute atomic E-state index is 10.1. The van der Waals surface area contributed by atoms with Gasteiger partial charge < -0.3 is 5.11 Å². The normalized spacial score (nSPS) is 21.2. The van der Waals surface area contributed by atoms with Gasteiger partial charge in [-0.1, -0.05) is 52.4 Å². The third kappa shape index (κ3) is 4.86. The Balaban J connectivity index is 2.14. The maximum Gasteiger partial charge on any atom is 0.0568 e. The molecule has 0 aliphatic heterocycles. The minimum atomic E-state index is -0.00169. The van der Waals surface area contributed by atoms with Gasteiger partial charge in [-0.2, -0.15) is 0 Å². The Morgan fingerprint density at radius 1 is 1.06 bits per heavy atom. The van der Waals surface area contributed by atoms with Crippen molar-refractivity contribution in [2.45, 2.75) is 84.2 Å². The summed E-state index contributed by atoms with van der Waals surface area (Å²) in [5, 5.41) is 10.1. The lowest BCUT2D eigenvalue weighted by Gasteiger charge is -2.21. The Hall–Kier alpha value is -0.0400. The molecule has 0 radical (unpaired) electrons. The highest BCUT2D eigenvalue weighted by Crippen LogP contribution is 2.31. The van der Waals surface area contributed by atoms with Crippen LogP contribution in [0.3, 0.4) is 0 Å². The third-order valence-electron chi connectivity index (χ3n) is 4.36. The van der Waals surface area contributed by atoms with E-state index in [1.807, 2.05) is 0 Å². The lowest BCUT2D eigenvalue weighted by molar-refractivity contribution is 0.0934. The third-order valence-corrected chi connectivity index (χ3v) is 4.36. The fourth-order valence-corrected chi connectivity index (χ4v) is 3.03. The highest BCUT2D eigenvalue weighted by atomic mass is 16.3. The van der Waals surface area contributed by atoms with Crippen molar-refractivity contribution in [2.24, 2.45) is 11.8 Å². The average molecular weight is 226 g/mol. The zero-order chi connectivity index (χ0) is 11.8. The van der Waals surface area contributed by atoms with Crippen molar-refractivity contribution < 1.29 is 5.11 Å². The zero-order valence-electron chi connectivity index (χ0n) is 11.3. The molecule has 1 rings (SSSR count). The van der Waals surface area contributed by atoms with Gasteiger partial charge in [-0.15, -0.1) is 0 Å². The monoisotopic (exact) mass is 226 g/mol. The van der Waals surface area contributed by atoms with Gasteiger partial charge in [0.2, 0.25) is 0 Å². The van der Waals surface area contributed by atoms with Crippen LogP contribution in [0.2, 0.25) is 0 Å². The molecular formula is C15H30O. The Morgan fingerprint density at radius 3 is 2.31 bits per heavy atom. The van der Waals surface area contributed by atoms with Crippen LogP contribution in [0.25, 0.3) is 0 Å². The molecule has 0 spiro atoms. The van der Waals surface area contributed by atoms with Crippen molar-refractivity contribution in [3.8, 4) is 0 Å². The van der Waals surface area contributed by atoms with Gasteiger partial charge in [0.15, 0.2) is 0 Å². The van der Waals surface area contributed by atoms with Gasteiger partial charge in [-0.3, -0.25) is 0 Å². The van der Waals surface area contributed by atoms with Gasteiger partial charge in [-0.05, 0) is 37.5 Å². The molecule has 0 bridgehead atoms. The summed E-state index contributed by atoms with van der Waals surface area (Å²) in [6, 6.07) is 0. The predicted octanol–water partition coefficient (Wildman–Crippen LogP) is 4.53. The van der Waals surface area contributed by atoms with Gasteiger partial charge in [0.05, 0.1) is 6.10 Å². The molecule has 0 aromatic heterocycles. The Labute approximate surface area is 102 Å². The first-order chi connectivity index (χ1) is 7.77. The van der Waals surface area contributed by atoms with Crippen LogP contribution in [0.4, 0.5) is 0 Å². The lowest BCUT2D eigenvalue weighted by atomic mass is 9.89. The highest BCUT2D eigenvalue weighted by molar-refractivity contribution is 4.75. The van der Waals surface area contributed by atoms with E-state index in [0.29, 0.717) is 5.92 Å². The van der Waals surface area contributed by atoms with Crippen LogP contribution in [-0.4, -0.2) is 11.2 Å². The van der Waals surface area contributed by atoms with E-state index in [-0.39, 0.29) is 6.10 Å². The molecule has 2 unspecified atom stereocenters. The van der Waals surface area contributed by atoms with Crippen LogP contribution in [0.5, 0.6) is 0 Å². The molecule has 0 aromatic carbocycles. The largest absolute Gasteiger partial charge is 0.393 e. The molecule has 1 aliphatic rings. The Bertz CT molecular complexity index is 161. The quantitative estimate of drug-likeness (QED) is 0.644. The summed E-state index contributed by atoms with van der Waals surface area (Å²) in [6.45, 7) is 4.56. The molecule has 96 valence electrons. The van der Waals surface area contributed by atoms with E-state index in [4.69, 9.17) is 0 Å². The van der Waals surface area contributed by atoms with E-state index in [9.17, 15) is 5.11 Å². The standard InChI is InChI=1S/C15H30O/c1-3-5-8-13(4-2)11-12-15(16)14-9-6-7-10-14/h13-16H,3-12H2,1-2H3. The van der Waals surface area contributed by atoms with Gasteiger partial charge in [0, 0.05) is 0 Å². The molecule has 1 heteroatoms. The summed E-state index contributed by atoms with van der Waals surface area (Å²) >= 11 is 0.